The predicted octanol–water partition coefficient (Wildman–Crippen LogP) is 3.58. The van der Waals surface area contributed by atoms with Gasteiger partial charge in [-0.3, -0.25) is 9.78 Å². The molecule has 1 N–H and O–H groups in total. The van der Waals surface area contributed by atoms with Gasteiger partial charge in [0.1, 0.15) is 0 Å². The van der Waals surface area contributed by atoms with Crippen LogP contribution in [0.3, 0.4) is 0 Å². The fourth-order valence-electron chi connectivity index (χ4n) is 1.62. The highest BCUT2D eigenvalue weighted by atomic mass is 32.1. The van der Waals surface area contributed by atoms with E-state index in [1.54, 1.807) is 12.4 Å². The minimum absolute atomic E-state index is 0.000383. The molecule has 0 spiro atoms. The van der Waals surface area contributed by atoms with Crippen LogP contribution in [0.5, 0.6) is 0 Å². The lowest BCUT2D eigenvalue weighted by molar-refractivity contribution is -0.117. The van der Waals surface area contributed by atoms with Gasteiger partial charge in [0.15, 0.2) is 5.13 Å². The summed E-state index contributed by atoms with van der Waals surface area (Å²) >= 11 is 1.43. The third kappa shape index (κ3) is 4.13. The number of pyridine rings is 1. The minimum Gasteiger partial charge on any atom is -0.302 e. The van der Waals surface area contributed by atoms with Crippen LogP contribution >= 0.6 is 11.3 Å². The topological polar surface area (TPSA) is 54.9 Å². The quantitative estimate of drug-likeness (QED) is 0.931. The first-order valence-electron chi connectivity index (χ1n) is 6.10. The van der Waals surface area contributed by atoms with Gasteiger partial charge < -0.3 is 5.32 Å². The summed E-state index contributed by atoms with van der Waals surface area (Å²) in [6.07, 6.45) is 3.96. The fraction of sp³-hybridized carbons (Fsp3) is 0.357. The maximum absolute atomic E-state index is 11.8. The highest BCUT2D eigenvalue weighted by Crippen LogP contribution is 2.25. The Hall–Kier alpha value is -1.75. The zero-order valence-electron chi connectivity index (χ0n) is 11.3. The molecule has 0 fully saturated rings. The van der Waals surface area contributed by atoms with Crippen LogP contribution in [0.1, 0.15) is 27.2 Å². The molecule has 2 aromatic heterocycles. The molecule has 0 aromatic carbocycles. The molecule has 0 atom stereocenters. The largest absolute Gasteiger partial charge is 0.302 e. The highest BCUT2D eigenvalue weighted by molar-refractivity contribution is 7.14. The van der Waals surface area contributed by atoms with Crippen LogP contribution in [0, 0.1) is 5.41 Å². The highest BCUT2D eigenvalue weighted by Gasteiger charge is 2.17. The molecule has 0 aliphatic rings. The number of rotatable bonds is 3. The number of hydrogen-bond acceptors (Lipinski definition) is 4. The van der Waals surface area contributed by atoms with Crippen LogP contribution in [0.2, 0.25) is 0 Å². The van der Waals surface area contributed by atoms with E-state index in [0.29, 0.717) is 11.6 Å². The maximum atomic E-state index is 11.8. The Morgan fingerprint density at radius 1 is 1.42 bits per heavy atom. The average molecular weight is 275 g/mol. The third-order valence-electron chi connectivity index (χ3n) is 2.40. The Balaban J connectivity index is 2.04. The number of thiazole rings is 1. The van der Waals surface area contributed by atoms with Crippen molar-refractivity contribution in [2.75, 3.05) is 5.32 Å². The molecule has 2 aromatic rings. The zero-order chi connectivity index (χ0) is 13.9. The van der Waals surface area contributed by atoms with Gasteiger partial charge in [-0.2, -0.15) is 0 Å². The monoisotopic (exact) mass is 275 g/mol. The van der Waals surface area contributed by atoms with Gasteiger partial charge in [-0.05, 0) is 17.5 Å². The number of aromatic nitrogens is 2. The molecule has 0 saturated carbocycles. The van der Waals surface area contributed by atoms with E-state index in [9.17, 15) is 4.79 Å². The van der Waals surface area contributed by atoms with Gasteiger partial charge in [-0.25, -0.2) is 4.98 Å². The van der Waals surface area contributed by atoms with Gasteiger partial charge in [0.25, 0.3) is 0 Å². The standard InChI is InChI=1S/C14H17N3OS/c1-14(2,3)7-12(18)17-13-16-11(9-19-13)10-5-4-6-15-8-10/h4-6,8-9H,7H2,1-3H3,(H,16,17,18). The molecule has 4 nitrogen and oxygen atoms in total. The van der Waals surface area contributed by atoms with E-state index in [-0.39, 0.29) is 11.3 Å². The normalized spacial score (nSPS) is 11.3. The Morgan fingerprint density at radius 2 is 2.21 bits per heavy atom. The molecule has 2 rings (SSSR count). The SMILES string of the molecule is CC(C)(C)CC(=O)Nc1nc(-c2cccnc2)cs1. The molecule has 2 heterocycles. The summed E-state index contributed by atoms with van der Waals surface area (Å²) in [5.74, 6) is -0.000383. The number of hydrogen-bond donors (Lipinski definition) is 1. The summed E-state index contributed by atoms with van der Waals surface area (Å²) in [7, 11) is 0. The molecule has 19 heavy (non-hydrogen) atoms. The average Bonchev–Trinajstić information content (AvgIpc) is 2.76. The van der Waals surface area contributed by atoms with Crippen molar-refractivity contribution in [3.05, 3.63) is 29.9 Å². The summed E-state index contributed by atoms with van der Waals surface area (Å²) in [6.45, 7) is 6.11. The molecule has 0 bridgehead atoms. The number of amides is 1. The van der Waals surface area contributed by atoms with Crippen molar-refractivity contribution in [3.63, 3.8) is 0 Å². The molecular weight excluding hydrogens is 258 g/mol. The van der Waals surface area contributed by atoms with Gasteiger partial charge in [0, 0.05) is 29.8 Å². The molecule has 100 valence electrons. The molecule has 0 radical (unpaired) electrons. The van der Waals surface area contributed by atoms with E-state index in [1.165, 1.54) is 11.3 Å². The van der Waals surface area contributed by atoms with Crippen molar-refractivity contribution in [1.82, 2.24) is 9.97 Å². The third-order valence-corrected chi connectivity index (χ3v) is 3.16. The molecule has 5 heteroatoms. The van der Waals surface area contributed by atoms with Gasteiger partial charge >= 0.3 is 0 Å². The second-order valence-corrected chi connectivity index (χ2v) is 6.42. The van der Waals surface area contributed by atoms with E-state index >= 15 is 0 Å². The van der Waals surface area contributed by atoms with Crippen molar-refractivity contribution in [2.24, 2.45) is 5.41 Å². The first kappa shape index (κ1) is 13.7. The number of carbonyl (C=O) groups is 1. The Kier molecular flexibility index (Phi) is 3.95. The number of nitrogens with zero attached hydrogens (tertiary/aromatic N) is 2. The number of anilines is 1. The molecule has 0 saturated heterocycles. The fourth-order valence-corrected chi connectivity index (χ4v) is 2.36. The van der Waals surface area contributed by atoms with Crippen LogP contribution in [-0.2, 0) is 4.79 Å². The van der Waals surface area contributed by atoms with Crippen molar-refractivity contribution in [2.45, 2.75) is 27.2 Å². The van der Waals surface area contributed by atoms with E-state index in [0.717, 1.165) is 11.3 Å². The smallest absolute Gasteiger partial charge is 0.226 e. The molecule has 0 aliphatic heterocycles. The van der Waals surface area contributed by atoms with Crippen LogP contribution in [0.4, 0.5) is 5.13 Å². The van der Waals surface area contributed by atoms with E-state index < -0.39 is 0 Å². The Bertz CT molecular complexity index is 558. The Labute approximate surface area is 116 Å². The predicted molar refractivity (Wildman–Crippen MR) is 78.0 cm³/mol. The lowest BCUT2D eigenvalue weighted by Gasteiger charge is -2.16. The van der Waals surface area contributed by atoms with Gasteiger partial charge in [-0.1, -0.05) is 20.8 Å². The minimum atomic E-state index is -0.0203. The number of carbonyl (C=O) groups excluding carboxylic acids is 1. The summed E-state index contributed by atoms with van der Waals surface area (Å²) in [5.41, 5.74) is 1.77. The van der Waals surface area contributed by atoms with Crippen molar-refractivity contribution < 1.29 is 4.79 Å². The molecule has 0 unspecified atom stereocenters. The first-order chi connectivity index (χ1) is 8.94. The van der Waals surface area contributed by atoms with Crippen LogP contribution < -0.4 is 5.32 Å². The molecular formula is C14H17N3OS. The van der Waals surface area contributed by atoms with Crippen molar-refractivity contribution in [1.29, 1.82) is 0 Å². The lowest BCUT2D eigenvalue weighted by Crippen LogP contribution is -2.19. The van der Waals surface area contributed by atoms with Crippen molar-refractivity contribution >= 4 is 22.4 Å². The van der Waals surface area contributed by atoms with E-state index in [4.69, 9.17) is 0 Å². The van der Waals surface area contributed by atoms with Gasteiger partial charge in [0.2, 0.25) is 5.91 Å². The second-order valence-electron chi connectivity index (χ2n) is 5.57. The number of nitrogens with one attached hydrogen (secondary N) is 1. The van der Waals surface area contributed by atoms with Gasteiger partial charge in [0.05, 0.1) is 5.69 Å². The van der Waals surface area contributed by atoms with Gasteiger partial charge in [-0.15, -0.1) is 11.3 Å². The van der Waals surface area contributed by atoms with Crippen LogP contribution in [0.15, 0.2) is 29.9 Å². The van der Waals surface area contributed by atoms with E-state index in [2.05, 4.69) is 15.3 Å². The van der Waals surface area contributed by atoms with E-state index in [1.807, 2.05) is 38.3 Å². The summed E-state index contributed by atoms with van der Waals surface area (Å²) in [5, 5.41) is 5.39. The summed E-state index contributed by atoms with van der Waals surface area (Å²) < 4.78 is 0. The lowest BCUT2D eigenvalue weighted by atomic mass is 9.92. The summed E-state index contributed by atoms with van der Waals surface area (Å²) in [4.78, 5) is 20.3. The Morgan fingerprint density at radius 3 is 2.84 bits per heavy atom. The van der Waals surface area contributed by atoms with Crippen molar-refractivity contribution in [3.8, 4) is 11.3 Å². The first-order valence-corrected chi connectivity index (χ1v) is 6.98. The molecule has 0 aliphatic carbocycles. The second kappa shape index (κ2) is 5.48. The molecule has 1 amide bonds. The zero-order valence-corrected chi connectivity index (χ0v) is 12.1. The van der Waals surface area contributed by atoms with Crippen LogP contribution in [-0.4, -0.2) is 15.9 Å². The van der Waals surface area contributed by atoms with Crippen LogP contribution in [0.25, 0.3) is 11.3 Å². The maximum Gasteiger partial charge on any atom is 0.226 e. The summed E-state index contributed by atoms with van der Waals surface area (Å²) in [6, 6.07) is 3.81.